The van der Waals surface area contributed by atoms with Crippen molar-refractivity contribution >= 4 is 34.2 Å². The molecule has 1 aliphatic rings. The molecule has 2 heterocycles. The van der Waals surface area contributed by atoms with Crippen LogP contribution in [0.1, 0.15) is 23.7 Å². The maximum Gasteiger partial charge on any atom is 0.227 e. The van der Waals surface area contributed by atoms with E-state index in [0.29, 0.717) is 42.6 Å². The minimum atomic E-state index is -0.0528. The summed E-state index contributed by atoms with van der Waals surface area (Å²) in [5.74, 6) is 2.33. The second-order valence-electron chi connectivity index (χ2n) is 8.49. The number of benzene rings is 3. The summed E-state index contributed by atoms with van der Waals surface area (Å²) in [7, 11) is 1.60. The van der Waals surface area contributed by atoms with E-state index in [2.05, 4.69) is 17.6 Å². The Morgan fingerprint density at radius 1 is 1.09 bits per heavy atom. The molecule has 5 rings (SSSR count). The molecule has 1 unspecified atom stereocenters. The maximum atomic E-state index is 13.1. The molecular formula is C27H26ClN3O3. The molecule has 1 saturated heterocycles. The van der Waals surface area contributed by atoms with Gasteiger partial charge in [0.05, 0.1) is 30.4 Å². The average Bonchev–Trinajstić information content (AvgIpc) is 3.41. The van der Waals surface area contributed by atoms with E-state index >= 15 is 0 Å². The molecule has 4 aromatic rings. The van der Waals surface area contributed by atoms with Gasteiger partial charge in [-0.3, -0.25) is 4.79 Å². The van der Waals surface area contributed by atoms with Gasteiger partial charge in [-0.05, 0) is 49.4 Å². The van der Waals surface area contributed by atoms with Crippen molar-refractivity contribution in [3.05, 3.63) is 83.1 Å². The van der Waals surface area contributed by atoms with Gasteiger partial charge in [0.1, 0.15) is 23.9 Å². The zero-order valence-corrected chi connectivity index (χ0v) is 20.0. The predicted octanol–water partition coefficient (Wildman–Crippen LogP) is 5.61. The molecule has 0 saturated carbocycles. The number of amides is 1. The quantitative estimate of drug-likeness (QED) is 0.349. The Hall–Kier alpha value is -3.51. The van der Waals surface area contributed by atoms with E-state index in [1.54, 1.807) is 30.2 Å². The maximum absolute atomic E-state index is 13.1. The number of rotatable bonds is 7. The van der Waals surface area contributed by atoms with Crippen LogP contribution in [0.25, 0.3) is 11.0 Å². The minimum Gasteiger partial charge on any atom is -0.495 e. The summed E-state index contributed by atoms with van der Waals surface area (Å²) in [4.78, 5) is 19.7. The molecule has 6 nitrogen and oxygen atoms in total. The SMILES string of the molecule is COc1ccc(Cl)cc1N1CC(c2nc3ccccc3n2CCOc2ccc(C)cc2)CC1=O. The van der Waals surface area contributed by atoms with Crippen molar-refractivity contribution < 1.29 is 14.3 Å². The molecule has 0 aliphatic carbocycles. The minimum absolute atomic E-state index is 0.0279. The molecule has 174 valence electrons. The first kappa shape index (κ1) is 22.3. The second kappa shape index (κ2) is 9.39. The van der Waals surface area contributed by atoms with Gasteiger partial charge in [-0.2, -0.15) is 0 Å². The molecular weight excluding hydrogens is 450 g/mol. The van der Waals surface area contributed by atoms with E-state index in [1.165, 1.54) is 5.56 Å². The van der Waals surface area contributed by atoms with Crippen molar-refractivity contribution in [1.29, 1.82) is 0 Å². The summed E-state index contributed by atoms with van der Waals surface area (Å²) in [6.45, 7) is 3.70. The van der Waals surface area contributed by atoms with Crippen molar-refractivity contribution in [2.24, 2.45) is 0 Å². The molecule has 0 radical (unpaired) electrons. The third-order valence-corrected chi connectivity index (χ3v) is 6.45. The smallest absolute Gasteiger partial charge is 0.227 e. The zero-order valence-electron chi connectivity index (χ0n) is 19.2. The van der Waals surface area contributed by atoms with Gasteiger partial charge in [0.25, 0.3) is 0 Å². The number of anilines is 1. The number of hydrogen-bond acceptors (Lipinski definition) is 4. The van der Waals surface area contributed by atoms with Gasteiger partial charge in [0.15, 0.2) is 0 Å². The molecule has 3 aromatic carbocycles. The lowest BCUT2D eigenvalue weighted by Crippen LogP contribution is -2.25. The number of para-hydroxylation sites is 2. The molecule has 1 atom stereocenters. The van der Waals surface area contributed by atoms with Gasteiger partial charge in [0, 0.05) is 23.9 Å². The summed E-state index contributed by atoms with van der Waals surface area (Å²) in [5, 5.41) is 0.563. The average molecular weight is 476 g/mol. The van der Waals surface area contributed by atoms with E-state index in [0.717, 1.165) is 22.6 Å². The first-order valence-electron chi connectivity index (χ1n) is 11.3. The van der Waals surface area contributed by atoms with Crippen LogP contribution in [0.3, 0.4) is 0 Å². The fourth-order valence-corrected chi connectivity index (χ4v) is 4.68. The normalized spacial score (nSPS) is 15.8. The third kappa shape index (κ3) is 4.33. The van der Waals surface area contributed by atoms with E-state index < -0.39 is 0 Å². The second-order valence-corrected chi connectivity index (χ2v) is 8.93. The highest BCUT2D eigenvalue weighted by molar-refractivity contribution is 6.31. The largest absolute Gasteiger partial charge is 0.495 e. The number of imidazole rings is 1. The lowest BCUT2D eigenvalue weighted by atomic mass is 10.1. The Labute approximate surface area is 203 Å². The summed E-state index contributed by atoms with van der Waals surface area (Å²) < 4.78 is 13.7. The van der Waals surface area contributed by atoms with E-state index in [-0.39, 0.29) is 11.8 Å². The Morgan fingerprint density at radius 2 is 1.88 bits per heavy atom. The topological polar surface area (TPSA) is 56.6 Å². The van der Waals surface area contributed by atoms with Gasteiger partial charge in [-0.15, -0.1) is 0 Å². The Balaban J connectivity index is 1.42. The summed E-state index contributed by atoms with van der Waals surface area (Å²) in [6, 6.07) is 21.4. The molecule has 1 fully saturated rings. The molecule has 1 aromatic heterocycles. The van der Waals surface area contributed by atoms with Crippen LogP contribution in [0, 0.1) is 6.92 Å². The van der Waals surface area contributed by atoms with Crippen molar-refractivity contribution in [1.82, 2.24) is 9.55 Å². The fourth-order valence-electron chi connectivity index (χ4n) is 4.52. The number of hydrogen-bond donors (Lipinski definition) is 0. The van der Waals surface area contributed by atoms with Gasteiger partial charge >= 0.3 is 0 Å². The lowest BCUT2D eigenvalue weighted by Gasteiger charge is -2.20. The van der Waals surface area contributed by atoms with Gasteiger partial charge < -0.3 is 18.9 Å². The first-order chi connectivity index (χ1) is 16.5. The fraction of sp³-hybridized carbons (Fsp3) is 0.259. The number of carbonyl (C=O) groups is 1. The van der Waals surface area contributed by atoms with Crippen molar-refractivity contribution in [2.45, 2.75) is 25.8 Å². The summed E-state index contributed by atoms with van der Waals surface area (Å²) >= 11 is 6.22. The summed E-state index contributed by atoms with van der Waals surface area (Å²) in [6.07, 6.45) is 0.373. The Kier molecular flexibility index (Phi) is 6.16. The molecule has 0 N–H and O–H groups in total. The monoisotopic (exact) mass is 475 g/mol. The predicted molar refractivity (Wildman–Crippen MR) is 134 cm³/mol. The number of ether oxygens (including phenoxy) is 2. The Bertz CT molecular complexity index is 1330. The van der Waals surface area contributed by atoms with Crippen LogP contribution in [0.4, 0.5) is 5.69 Å². The van der Waals surface area contributed by atoms with Crippen LogP contribution in [-0.4, -0.2) is 35.7 Å². The highest BCUT2D eigenvalue weighted by atomic mass is 35.5. The van der Waals surface area contributed by atoms with Crippen LogP contribution in [0.5, 0.6) is 11.5 Å². The number of fused-ring (bicyclic) bond motifs is 1. The standard InChI is InChI=1S/C27H26ClN3O3/c1-18-7-10-21(11-8-18)34-14-13-30-23-6-4-3-5-22(23)29-27(30)19-15-26(32)31(17-19)24-16-20(28)9-12-25(24)33-2/h3-12,16,19H,13-15,17H2,1-2H3. The van der Waals surface area contributed by atoms with E-state index in [1.807, 2.05) is 42.5 Å². The van der Waals surface area contributed by atoms with Crippen molar-refractivity contribution in [3.63, 3.8) is 0 Å². The highest BCUT2D eigenvalue weighted by Gasteiger charge is 2.36. The first-order valence-corrected chi connectivity index (χ1v) is 11.7. The number of nitrogens with zero attached hydrogens (tertiary/aromatic N) is 3. The van der Waals surface area contributed by atoms with Crippen LogP contribution in [-0.2, 0) is 11.3 Å². The number of carbonyl (C=O) groups excluding carboxylic acids is 1. The zero-order chi connectivity index (χ0) is 23.7. The molecule has 1 amide bonds. The van der Waals surface area contributed by atoms with Crippen LogP contribution in [0.2, 0.25) is 5.02 Å². The van der Waals surface area contributed by atoms with Crippen LogP contribution >= 0.6 is 11.6 Å². The van der Waals surface area contributed by atoms with Crippen LogP contribution in [0.15, 0.2) is 66.7 Å². The molecule has 34 heavy (non-hydrogen) atoms. The van der Waals surface area contributed by atoms with Crippen molar-refractivity contribution in [2.75, 3.05) is 25.2 Å². The number of aromatic nitrogens is 2. The third-order valence-electron chi connectivity index (χ3n) is 6.21. The number of methoxy groups -OCH3 is 1. The van der Waals surface area contributed by atoms with Gasteiger partial charge in [-0.1, -0.05) is 41.4 Å². The van der Waals surface area contributed by atoms with Gasteiger partial charge in [0.2, 0.25) is 5.91 Å². The number of halogens is 1. The number of aryl methyl sites for hydroxylation is 1. The van der Waals surface area contributed by atoms with Gasteiger partial charge in [-0.25, -0.2) is 4.98 Å². The highest BCUT2D eigenvalue weighted by Crippen LogP contribution is 2.38. The summed E-state index contributed by atoms with van der Waals surface area (Å²) in [5.41, 5.74) is 3.84. The van der Waals surface area contributed by atoms with E-state index in [4.69, 9.17) is 26.1 Å². The van der Waals surface area contributed by atoms with Crippen LogP contribution < -0.4 is 14.4 Å². The van der Waals surface area contributed by atoms with E-state index in [9.17, 15) is 4.79 Å². The molecule has 0 spiro atoms. The molecule has 7 heteroatoms. The van der Waals surface area contributed by atoms with Crippen molar-refractivity contribution in [3.8, 4) is 11.5 Å². The Morgan fingerprint density at radius 3 is 2.68 bits per heavy atom. The lowest BCUT2D eigenvalue weighted by molar-refractivity contribution is -0.117. The molecule has 0 bridgehead atoms. The molecule has 1 aliphatic heterocycles.